The van der Waals surface area contributed by atoms with E-state index in [-0.39, 0.29) is 0 Å². The van der Waals surface area contributed by atoms with Gasteiger partial charge in [-0.05, 0) is 39.0 Å². The Hall–Kier alpha value is -1.36. The Labute approximate surface area is 126 Å². The third-order valence-corrected chi connectivity index (χ3v) is 4.12. The molecule has 1 aliphatic rings. The fourth-order valence-electron chi connectivity index (χ4n) is 2.99. The monoisotopic (exact) mass is 288 g/mol. The summed E-state index contributed by atoms with van der Waals surface area (Å²) >= 11 is 0. The van der Waals surface area contributed by atoms with Crippen molar-refractivity contribution in [3.05, 3.63) is 35.6 Å². The Morgan fingerprint density at radius 2 is 2.05 bits per heavy atom. The summed E-state index contributed by atoms with van der Waals surface area (Å²) in [7, 11) is 1.94. The van der Waals surface area contributed by atoms with E-state index in [2.05, 4.69) is 22.3 Å². The second-order valence-electron chi connectivity index (χ2n) is 5.63. The topological polar surface area (TPSA) is 37.6 Å². The number of nitrogens with one attached hydrogen (secondary N) is 1. The lowest BCUT2D eigenvalue weighted by Gasteiger charge is -2.14. The zero-order valence-corrected chi connectivity index (χ0v) is 12.7. The van der Waals surface area contributed by atoms with Crippen molar-refractivity contribution < 1.29 is 9.15 Å². The largest absolute Gasteiger partial charge is 0.459 e. The van der Waals surface area contributed by atoms with Gasteiger partial charge in [0.15, 0.2) is 0 Å². The highest BCUT2D eigenvalue weighted by atomic mass is 16.5. The van der Waals surface area contributed by atoms with E-state index in [1.165, 1.54) is 36.9 Å². The smallest absolute Gasteiger partial charge is 0.134 e. The highest BCUT2D eigenvalue weighted by Gasteiger charge is 2.14. The van der Waals surface area contributed by atoms with Crippen molar-refractivity contribution in [2.24, 2.45) is 0 Å². The standard InChI is InChI=1S/C17H24N2O2/c1-18-12-17-15(14-6-2-3-7-16(14)21-17)13-20-11-10-19-8-4-5-9-19/h2-3,6-7,18H,4-5,8-13H2,1H3. The molecule has 3 rings (SSSR count). The van der Waals surface area contributed by atoms with Crippen LogP contribution in [0.25, 0.3) is 11.0 Å². The Morgan fingerprint density at radius 3 is 2.86 bits per heavy atom. The molecule has 0 spiro atoms. The number of hydrogen-bond donors (Lipinski definition) is 1. The second kappa shape index (κ2) is 7.07. The van der Waals surface area contributed by atoms with Gasteiger partial charge in [0.05, 0.1) is 19.8 Å². The number of likely N-dealkylation sites (tertiary alicyclic amines) is 1. The fraction of sp³-hybridized carbons (Fsp3) is 0.529. The average Bonchev–Trinajstić information content (AvgIpc) is 3.12. The van der Waals surface area contributed by atoms with E-state index >= 15 is 0 Å². The molecule has 114 valence electrons. The van der Waals surface area contributed by atoms with Crippen LogP contribution in [0.3, 0.4) is 0 Å². The van der Waals surface area contributed by atoms with Gasteiger partial charge in [0.2, 0.25) is 0 Å². The maximum atomic E-state index is 5.92. The summed E-state index contributed by atoms with van der Waals surface area (Å²) in [5.74, 6) is 0.986. The molecule has 0 atom stereocenters. The van der Waals surface area contributed by atoms with E-state index in [1.54, 1.807) is 0 Å². The first-order valence-electron chi connectivity index (χ1n) is 7.82. The number of rotatable bonds is 7. The summed E-state index contributed by atoms with van der Waals surface area (Å²) in [4.78, 5) is 2.47. The zero-order valence-electron chi connectivity index (χ0n) is 12.7. The maximum absolute atomic E-state index is 5.92. The summed E-state index contributed by atoms with van der Waals surface area (Å²) in [5.41, 5.74) is 2.13. The van der Waals surface area contributed by atoms with Crippen LogP contribution in [0.15, 0.2) is 28.7 Å². The molecule has 2 aromatic rings. The van der Waals surface area contributed by atoms with Gasteiger partial charge in [0.1, 0.15) is 11.3 Å². The number of benzene rings is 1. The lowest BCUT2D eigenvalue weighted by atomic mass is 10.1. The van der Waals surface area contributed by atoms with Crippen LogP contribution in [0.2, 0.25) is 0 Å². The summed E-state index contributed by atoms with van der Waals surface area (Å²) < 4.78 is 11.8. The molecular weight excluding hydrogens is 264 g/mol. The molecule has 1 saturated heterocycles. The molecule has 4 nitrogen and oxygen atoms in total. The molecule has 0 bridgehead atoms. The Bertz CT molecular complexity index is 573. The third-order valence-electron chi connectivity index (χ3n) is 4.12. The van der Waals surface area contributed by atoms with Crippen LogP contribution in [0.5, 0.6) is 0 Å². The van der Waals surface area contributed by atoms with Gasteiger partial charge in [-0.3, -0.25) is 0 Å². The van der Waals surface area contributed by atoms with E-state index in [0.717, 1.165) is 31.0 Å². The van der Waals surface area contributed by atoms with Gasteiger partial charge in [-0.15, -0.1) is 0 Å². The highest BCUT2D eigenvalue weighted by molar-refractivity contribution is 5.82. The minimum atomic E-state index is 0.627. The quantitative estimate of drug-likeness (QED) is 0.795. The summed E-state index contributed by atoms with van der Waals surface area (Å²) in [6.45, 7) is 5.64. The van der Waals surface area contributed by atoms with Gasteiger partial charge in [0, 0.05) is 17.5 Å². The normalized spacial score (nSPS) is 16.0. The van der Waals surface area contributed by atoms with Crippen molar-refractivity contribution >= 4 is 11.0 Å². The van der Waals surface area contributed by atoms with Crippen LogP contribution >= 0.6 is 0 Å². The molecule has 0 radical (unpaired) electrons. The van der Waals surface area contributed by atoms with Gasteiger partial charge in [0.25, 0.3) is 0 Å². The predicted octanol–water partition coefficient (Wildman–Crippen LogP) is 2.76. The van der Waals surface area contributed by atoms with Crippen molar-refractivity contribution in [1.82, 2.24) is 10.2 Å². The summed E-state index contributed by atoms with van der Waals surface area (Å²) in [5, 5.41) is 4.33. The van der Waals surface area contributed by atoms with Gasteiger partial charge >= 0.3 is 0 Å². The van der Waals surface area contributed by atoms with Crippen LogP contribution in [0.1, 0.15) is 24.2 Å². The Kier molecular flexibility index (Phi) is 4.91. The number of para-hydroxylation sites is 1. The molecule has 1 aromatic heterocycles. The van der Waals surface area contributed by atoms with E-state index in [9.17, 15) is 0 Å². The fourth-order valence-corrected chi connectivity index (χ4v) is 2.99. The van der Waals surface area contributed by atoms with Crippen molar-refractivity contribution in [2.45, 2.75) is 26.0 Å². The molecule has 0 saturated carbocycles. The molecule has 21 heavy (non-hydrogen) atoms. The minimum Gasteiger partial charge on any atom is -0.459 e. The number of fused-ring (bicyclic) bond motifs is 1. The summed E-state index contributed by atoms with van der Waals surface area (Å²) in [6, 6.07) is 8.18. The SMILES string of the molecule is CNCc1oc2ccccc2c1COCCN1CCCC1. The zero-order chi connectivity index (χ0) is 14.5. The van der Waals surface area contributed by atoms with Gasteiger partial charge in [-0.2, -0.15) is 0 Å². The van der Waals surface area contributed by atoms with Gasteiger partial charge in [-0.25, -0.2) is 0 Å². The van der Waals surface area contributed by atoms with Crippen molar-refractivity contribution in [3.8, 4) is 0 Å². The van der Waals surface area contributed by atoms with Crippen LogP contribution in [0.4, 0.5) is 0 Å². The van der Waals surface area contributed by atoms with E-state index in [4.69, 9.17) is 9.15 Å². The van der Waals surface area contributed by atoms with Crippen LogP contribution < -0.4 is 5.32 Å². The molecule has 4 heteroatoms. The molecule has 2 heterocycles. The van der Waals surface area contributed by atoms with Gasteiger partial charge < -0.3 is 19.4 Å². The number of ether oxygens (including phenoxy) is 1. The Balaban J connectivity index is 1.62. The van der Waals surface area contributed by atoms with Crippen LogP contribution in [-0.2, 0) is 17.9 Å². The van der Waals surface area contributed by atoms with Crippen molar-refractivity contribution in [1.29, 1.82) is 0 Å². The molecule has 1 aliphatic heterocycles. The molecule has 0 amide bonds. The van der Waals surface area contributed by atoms with Crippen LogP contribution in [0, 0.1) is 0 Å². The summed E-state index contributed by atoms with van der Waals surface area (Å²) in [6.07, 6.45) is 2.66. The first-order chi connectivity index (χ1) is 10.4. The number of furan rings is 1. The molecule has 0 unspecified atom stereocenters. The average molecular weight is 288 g/mol. The van der Waals surface area contributed by atoms with E-state index in [1.807, 2.05) is 19.2 Å². The van der Waals surface area contributed by atoms with Crippen molar-refractivity contribution in [3.63, 3.8) is 0 Å². The minimum absolute atomic E-state index is 0.627. The molecule has 0 aliphatic carbocycles. The molecule has 1 N–H and O–H groups in total. The number of nitrogens with zero attached hydrogens (tertiary/aromatic N) is 1. The molecule has 1 aromatic carbocycles. The lowest BCUT2D eigenvalue weighted by Crippen LogP contribution is -2.24. The highest BCUT2D eigenvalue weighted by Crippen LogP contribution is 2.26. The maximum Gasteiger partial charge on any atom is 0.134 e. The lowest BCUT2D eigenvalue weighted by molar-refractivity contribution is 0.0988. The van der Waals surface area contributed by atoms with Crippen molar-refractivity contribution in [2.75, 3.05) is 33.3 Å². The first kappa shape index (κ1) is 14.6. The van der Waals surface area contributed by atoms with E-state index < -0.39 is 0 Å². The Morgan fingerprint density at radius 1 is 1.24 bits per heavy atom. The van der Waals surface area contributed by atoms with Crippen LogP contribution in [-0.4, -0.2) is 38.2 Å². The number of hydrogen-bond acceptors (Lipinski definition) is 4. The molecular formula is C17H24N2O2. The molecule has 1 fully saturated rings. The predicted molar refractivity (Wildman–Crippen MR) is 84.3 cm³/mol. The third kappa shape index (κ3) is 3.46. The first-order valence-corrected chi connectivity index (χ1v) is 7.82. The second-order valence-corrected chi connectivity index (χ2v) is 5.63. The van der Waals surface area contributed by atoms with Gasteiger partial charge in [-0.1, -0.05) is 18.2 Å². The van der Waals surface area contributed by atoms with E-state index in [0.29, 0.717) is 6.61 Å².